The summed E-state index contributed by atoms with van der Waals surface area (Å²) in [5.74, 6) is 1.84. The van der Waals surface area contributed by atoms with Crippen LogP contribution in [0.3, 0.4) is 0 Å². The molecular formula is C23H22ClNO3. The van der Waals surface area contributed by atoms with Gasteiger partial charge in [-0.1, -0.05) is 29.8 Å². The summed E-state index contributed by atoms with van der Waals surface area (Å²) in [5.41, 5.74) is 2.50. The van der Waals surface area contributed by atoms with Crippen molar-refractivity contribution in [3.05, 3.63) is 82.9 Å². The van der Waals surface area contributed by atoms with Crippen LogP contribution in [0.4, 0.5) is 5.69 Å². The fourth-order valence-electron chi connectivity index (χ4n) is 2.71. The molecular weight excluding hydrogens is 374 g/mol. The van der Waals surface area contributed by atoms with Gasteiger partial charge in [0.2, 0.25) is 0 Å². The topological polar surface area (TPSA) is 47.6 Å². The largest absolute Gasteiger partial charge is 0.481 e. The number of nitrogens with one attached hydrogen (secondary N) is 1. The molecule has 0 aromatic heterocycles. The molecule has 0 aliphatic heterocycles. The van der Waals surface area contributed by atoms with Crippen molar-refractivity contribution in [1.29, 1.82) is 0 Å². The Morgan fingerprint density at radius 1 is 0.893 bits per heavy atom. The van der Waals surface area contributed by atoms with Crippen molar-refractivity contribution in [2.45, 2.75) is 26.9 Å². The summed E-state index contributed by atoms with van der Waals surface area (Å²) in [6, 6.07) is 20.4. The Labute approximate surface area is 170 Å². The van der Waals surface area contributed by atoms with Crippen molar-refractivity contribution in [3.63, 3.8) is 0 Å². The van der Waals surface area contributed by atoms with E-state index < -0.39 is 6.10 Å². The number of benzene rings is 3. The number of hydrogen-bond donors (Lipinski definition) is 1. The van der Waals surface area contributed by atoms with E-state index in [1.165, 1.54) is 0 Å². The predicted octanol–water partition coefficient (Wildman–Crippen LogP) is 6.16. The molecule has 1 N–H and O–H groups in total. The van der Waals surface area contributed by atoms with Gasteiger partial charge < -0.3 is 14.8 Å². The smallest absolute Gasteiger partial charge is 0.265 e. The van der Waals surface area contributed by atoms with E-state index in [0.29, 0.717) is 22.2 Å². The highest BCUT2D eigenvalue weighted by Gasteiger charge is 2.16. The summed E-state index contributed by atoms with van der Waals surface area (Å²) in [7, 11) is 0. The zero-order chi connectivity index (χ0) is 20.1. The third-order valence-electron chi connectivity index (χ3n) is 4.19. The Hall–Kier alpha value is -2.98. The van der Waals surface area contributed by atoms with E-state index in [9.17, 15) is 4.79 Å². The van der Waals surface area contributed by atoms with Crippen LogP contribution in [0.15, 0.2) is 66.7 Å². The number of anilines is 1. The second kappa shape index (κ2) is 8.81. The Balaban J connectivity index is 1.59. The van der Waals surface area contributed by atoms with Crippen LogP contribution in [0.5, 0.6) is 17.2 Å². The number of para-hydroxylation sites is 1. The highest BCUT2D eigenvalue weighted by atomic mass is 35.5. The maximum absolute atomic E-state index is 12.4. The number of carbonyl (C=O) groups is 1. The number of ether oxygens (including phenoxy) is 2. The lowest BCUT2D eigenvalue weighted by Crippen LogP contribution is -2.30. The number of carbonyl (C=O) groups excluding carboxylic acids is 1. The first-order valence-electron chi connectivity index (χ1n) is 8.99. The number of amides is 1. The van der Waals surface area contributed by atoms with Gasteiger partial charge >= 0.3 is 0 Å². The number of halogens is 1. The van der Waals surface area contributed by atoms with E-state index in [1.54, 1.807) is 31.2 Å². The standard InChI is InChI=1S/C23H22ClNO3/c1-15-13-21(14-16(2)22(15)24)27-17(3)23(26)25-18-9-11-20(12-10-18)28-19-7-5-4-6-8-19/h4-14,17H,1-3H3,(H,25,26)/t17-/m0/s1. The maximum Gasteiger partial charge on any atom is 0.265 e. The Morgan fingerprint density at radius 3 is 2.07 bits per heavy atom. The second-order valence-electron chi connectivity index (χ2n) is 6.56. The van der Waals surface area contributed by atoms with Crippen molar-refractivity contribution in [2.24, 2.45) is 0 Å². The lowest BCUT2D eigenvalue weighted by Gasteiger charge is -2.16. The minimum absolute atomic E-state index is 0.234. The summed E-state index contributed by atoms with van der Waals surface area (Å²) in [6.07, 6.45) is -0.653. The van der Waals surface area contributed by atoms with E-state index >= 15 is 0 Å². The molecule has 3 aromatic carbocycles. The first-order valence-corrected chi connectivity index (χ1v) is 9.37. The Morgan fingerprint density at radius 2 is 1.46 bits per heavy atom. The molecule has 0 radical (unpaired) electrons. The van der Waals surface area contributed by atoms with Crippen LogP contribution in [-0.4, -0.2) is 12.0 Å². The fraction of sp³-hybridized carbons (Fsp3) is 0.174. The van der Waals surface area contributed by atoms with E-state index in [-0.39, 0.29) is 5.91 Å². The minimum atomic E-state index is -0.653. The molecule has 1 amide bonds. The summed E-state index contributed by atoms with van der Waals surface area (Å²) in [5, 5.41) is 3.56. The van der Waals surface area contributed by atoms with Crippen molar-refractivity contribution in [3.8, 4) is 17.2 Å². The molecule has 0 unspecified atom stereocenters. The van der Waals surface area contributed by atoms with Crippen LogP contribution >= 0.6 is 11.6 Å². The van der Waals surface area contributed by atoms with Crippen LogP contribution in [0.25, 0.3) is 0 Å². The van der Waals surface area contributed by atoms with Crippen LogP contribution < -0.4 is 14.8 Å². The summed E-state index contributed by atoms with van der Waals surface area (Å²) >= 11 is 6.17. The molecule has 0 saturated carbocycles. The van der Waals surface area contributed by atoms with Gasteiger partial charge in [-0.25, -0.2) is 0 Å². The molecule has 0 saturated heterocycles. The zero-order valence-corrected chi connectivity index (χ0v) is 16.8. The molecule has 28 heavy (non-hydrogen) atoms. The van der Waals surface area contributed by atoms with Crippen molar-refractivity contribution >= 4 is 23.2 Å². The van der Waals surface area contributed by atoms with E-state index in [0.717, 1.165) is 16.9 Å². The average Bonchev–Trinajstić information content (AvgIpc) is 2.68. The number of rotatable bonds is 6. The molecule has 5 heteroatoms. The summed E-state index contributed by atoms with van der Waals surface area (Å²) in [6.45, 7) is 5.53. The van der Waals surface area contributed by atoms with Crippen molar-refractivity contribution in [1.82, 2.24) is 0 Å². The summed E-state index contributed by atoms with van der Waals surface area (Å²) in [4.78, 5) is 12.4. The van der Waals surface area contributed by atoms with Gasteiger partial charge in [-0.15, -0.1) is 0 Å². The van der Waals surface area contributed by atoms with Crippen molar-refractivity contribution < 1.29 is 14.3 Å². The zero-order valence-electron chi connectivity index (χ0n) is 16.0. The molecule has 0 aliphatic rings. The molecule has 1 atom stereocenters. The molecule has 144 valence electrons. The monoisotopic (exact) mass is 395 g/mol. The van der Waals surface area contributed by atoms with Gasteiger partial charge in [-0.2, -0.15) is 0 Å². The quantitative estimate of drug-likeness (QED) is 0.544. The van der Waals surface area contributed by atoms with Gasteiger partial charge in [0.1, 0.15) is 17.2 Å². The van der Waals surface area contributed by atoms with Gasteiger partial charge in [-0.3, -0.25) is 4.79 Å². The minimum Gasteiger partial charge on any atom is -0.481 e. The third-order valence-corrected chi connectivity index (χ3v) is 4.79. The van der Waals surface area contributed by atoms with Crippen LogP contribution in [0, 0.1) is 13.8 Å². The van der Waals surface area contributed by atoms with E-state index in [2.05, 4.69) is 5.32 Å². The first-order chi connectivity index (χ1) is 13.4. The third kappa shape index (κ3) is 5.05. The second-order valence-corrected chi connectivity index (χ2v) is 6.94. The van der Waals surface area contributed by atoms with Gasteiger partial charge in [-0.05, 0) is 80.4 Å². The van der Waals surface area contributed by atoms with Gasteiger partial charge in [0, 0.05) is 10.7 Å². The molecule has 0 aliphatic carbocycles. The van der Waals surface area contributed by atoms with Gasteiger partial charge in [0.15, 0.2) is 6.10 Å². The van der Waals surface area contributed by atoms with Gasteiger partial charge in [0.05, 0.1) is 0 Å². The van der Waals surface area contributed by atoms with Crippen molar-refractivity contribution in [2.75, 3.05) is 5.32 Å². The molecule has 3 aromatic rings. The molecule has 0 fully saturated rings. The maximum atomic E-state index is 12.4. The van der Waals surface area contributed by atoms with E-state index in [4.69, 9.17) is 21.1 Å². The highest BCUT2D eigenvalue weighted by molar-refractivity contribution is 6.32. The normalized spacial score (nSPS) is 11.6. The fourth-order valence-corrected chi connectivity index (χ4v) is 2.82. The van der Waals surface area contributed by atoms with Crippen LogP contribution in [0.2, 0.25) is 5.02 Å². The average molecular weight is 396 g/mol. The number of hydrogen-bond acceptors (Lipinski definition) is 3. The first kappa shape index (κ1) is 19.8. The van der Waals surface area contributed by atoms with Gasteiger partial charge in [0.25, 0.3) is 5.91 Å². The van der Waals surface area contributed by atoms with Crippen LogP contribution in [-0.2, 0) is 4.79 Å². The lowest BCUT2D eigenvalue weighted by molar-refractivity contribution is -0.122. The number of aryl methyl sites for hydroxylation is 2. The molecule has 4 nitrogen and oxygen atoms in total. The Kier molecular flexibility index (Phi) is 6.22. The summed E-state index contributed by atoms with van der Waals surface area (Å²) < 4.78 is 11.5. The molecule has 3 rings (SSSR count). The predicted molar refractivity (Wildman–Crippen MR) is 113 cm³/mol. The van der Waals surface area contributed by atoms with Crippen LogP contribution in [0.1, 0.15) is 18.1 Å². The highest BCUT2D eigenvalue weighted by Crippen LogP contribution is 2.27. The molecule has 0 spiro atoms. The Bertz CT molecular complexity index is 932. The van der Waals surface area contributed by atoms with E-state index in [1.807, 2.05) is 56.3 Å². The lowest BCUT2D eigenvalue weighted by atomic mass is 10.1. The molecule has 0 bridgehead atoms. The molecule has 0 heterocycles. The SMILES string of the molecule is Cc1cc(O[C@@H](C)C(=O)Nc2ccc(Oc3ccccc3)cc2)cc(C)c1Cl.